The molecule has 7 heteroatoms. The van der Waals surface area contributed by atoms with Gasteiger partial charge in [-0.2, -0.15) is 13.5 Å². The minimum atomic E-state index is -3.91. The van der Waals surface area contributed by atoms with Gasteiger partial charge in [0.15, 0.2) is 0 Å². The number of hydrogen-bond donors (Lipinski definition) is 2. The molecule has 0 bridgehead atoms. The number of aliphatic hydroxyl groups is 1. The molecule has 2 unspecified atom stereocenters. The lowest BCUT2D eigenvalue weighted by atomic mass is 9.44. The number of rotatable bonds is 9. The van der Waals surface area contributed by atoms with Gasteiger partial charge in [0.1, 0.15) is 0 Å². The second kappa shape index (κ2) is 12.7. The van der Waals surface area contributed by atoms with Gasteiger partial charge in [0.2, 0.25) is 0 Å². The van der Waals surface area contributed by atoms with E-state index in [4.69, 9.17) is 5.10 Å². The van der Waals surface area contributed by atoms with Crippen molar-refractivity contribution in [1.82, 2.24) is 4.83 Å². The summed E-state index contributed by atoms with van der Waals surface area (Å²) in [7, 11) is 0.0369. The third-order valence-electron chi connectivity index (χ3n) is 13.6. The zero-order chi connectivity index (χ0) is 33.0. The number of benzene rings is 2. The summed E-state index contributed by atoms with van der Waals surface area (Å²) < 4.78 is 27.9. The Bertz CT molecular complexity index is 1550. The van der Waals surface area contributed by atoms with Gasteiger partial charge in [-0.3, -0.25) is 0 Å². The number of nitrogens with one attached hydrogen (secondary N) is 1. The zero-order valence-corrected chi connectivity index (χ0v) is 30.2. The Morgan fingerprint density at radius 1 is 0.935 bits per heavy atom. The molecular weight excluding hydrogens is 591 g/mol. The summed E-state index contributed by atoms with van der Waals surface area (Å²) in [6.07, 6.45) is 12.1. The van der Waals surface area contributed by atoms with Crippen LogP contribution in [0.1, 0.15) is 105 Å². The van der Waals surface area contributed by atoms with E-state index in [9.17, 15) is 13.5 Å². The first-order valence-corrected chi connectivity index (χ1v) is 19.7. The minimum absolute atomic E-state index is 0.0365. The Morgan fingerprint density at radius 3 is 2.37 bits per heavy atom. The second-order valence-corrected chi connectivity index (χ2v) is 18.4. The summed E-state index contributed by atoms with van der Waals surface area (Å²) in [5.74, 6) is 4.16. The van der Waals surface area contributed by atoms with Gasteiger partial charge in [-0.1, -0.05) is 78.1 Å². The molecule has 2 aromatic rings. The predicted molar refractivity (Wildman–Crippen MR) is 190 cm³/mol. The fourth-order valence-electron chi connectivity index (χ4n) is 11.3. The third-order valence-corrected chi connectivity index (χ3v) is 14.9. The Morgan fingerprint density at radius 2 is 1.63 bits per heavy atom. The van der Waals surface area contributed by atoms with Gasteiger partial charge < -0.3 is 10.0 Å². The van der Waals surface area contributed by atoms with E-state index in [2.05, 4.69) is 39.4 Å². The fraction of sp³-hybridized carbons (Fsp3) is 0.718. The summed E-state index contributed by atoms with van der Waals surface area (Å²) in [5.41, 5.74) is 2.33. The maximum absolute atomic E-state index is 14.0. The molecule has 6 nitrogen and oxygen atoms in total. The van der Waals surface area contributed by atoms with Gasteiger partial charge in [0, 0.05) is 42.2 Å². The van der Waals surface area contributed by atoms with E-state index in [1.807, 2.05) is 49.3 Å². The van der Waals surface area contributed by atoms with Gasteiger partial charge >= 0.3 is 0 Å². The average Bonchev–Trinajstić information content (AvgIpc) is 3.37. The highest BCUT2D eigenvalue weighted by Crippen LogP contribution is 2.68. The zero-order valence-electron chi connectivity index (χ0n) is 29.4. The van der Waals surface area contributed by atoms with E-state index in [-0.39, 0.29) is 22.3 Å². The van der Waals surface area contributed by atoms with E-state index >= 15 is 0 Å². The van der Waals surface area contributed by atoms with E-state index < -0.39 is 10.0 Å². The van der Waals surface area contributed by atoms with Crippen LogP contribution in [0.5, 0.6) is 0 Å². The Labute approximate surface area is 278 Å². The highest BCUT2D eigenvalue weighted by Gasteiger charge is 2.62. The van der Waals surface area contributed by atoms with Gasteiger partial charge in [-0.05, 0) is 110 Å². The standard InChI is InChI=1S/C39H59N3O3S/c1-25(2)11-8-12-26(3)31-17-18-32-30-24-35(34-23-27(43)19-21-39(34,5)33(30)20-22-38(31,32)4)40-41-46(44,45)37-16-10-13-28-29(37)14-9-15-36(28)42(6)7/h9-10,13-16,25-27,30-34,41,43H,8,11-12,17-24H2,1-7H3/b40-35-/t26-,27?,30+,31-,32+,33+,34?,38-,39-/m1/s1. The number of hydrazone groups is 1. The molecule has 0 amide bonds. The number of anilines is 1. The molecule has 0 spiro atoms. The monoisotopic (exact) mass is 649 g/mol. The number of fused-ring (bicyclic) bond motifs is 6. The quantitative estimate of drug-likeness (QED) is 0.267. The summed E-state index contributed by atoms with van der Waals surface area (Å²) in [4.78, 5) is 5.01. The van der Waals surface area contributed by atoms with Crippen molar-refractivity contribution in [3.8, 4) is 0 Å². The first-order chi connectivity index (χ1) is 21.8. The first-order valence-electron chi connectivity index (χ1n) is 18.2. The molecule has 0 aromatic heterocycles. The molecule has 0 aliphatic heterocycles. The van der Waals surface area contributed by atoms with Crippen molar-refractivity contribution in [2.75, 3.05) is 19.0 Å². The molecule has 0 heterocycles. The average molecular weight is 650 g/mol. The number of aliphatic hydroxyl groups excluding tert-OH is 1. The van der Waals surface area contributed by atoms with Crippen molar-refractivity contribution < 1.29 is 13.5 Å². The molecule has 9 atom stereocenters. The second-order valence-electron chi connectivity index (χ2n) is 16.8. The summed E-state index contributed by atoms with van der Waals surface area (Å²) in [6, 6.07) is 11.3. The molecule has 4 fully saturated rings. The molecule has 254 valence electrons. The number of nitrogens with zero attached hydrogens (tertiary/aromatic N) is 2. The third kappa shape index (κ3) is 5.90. The molecule has 4 aliphatic carbocycles. The molecule has 2 N–H and O–H groups in total. The lowest BCUT2D eigenvalue weighted by Crippen LogP contribution is -2.57. The molecular formula is C39H59N3O3S. The van der Waals surface area contributed by atoms with Crippen LogP contribution < -0.4 is 9.73 Å². The molecule has 46 heavy (non-hydrogen) atoms. The normalized spacial score (nSPS) is 35.9. The smallest absolute Gasteiger partial charge is 0.277 e. The summed E-state index contributed by atoms with van der Waals surface area (Å²) in [6.45, 7) is 12.2. The topological polar surface area (TPSA) is 82.0 Å². The molecule has 4 aliphatic rings. The minimum Gasteiger partial charge on any atom is -0.393 e. The van der Waals surface area contributed by atoms with Gasteiger partial charge in [-0.25, -0.2) is 4.83 Å². The predicted octanol–water partition coefficient (Wildman–Crippen LogP) is 8.63. The number of sulfonamides is 1. The highest BCUT2D eigenvalue weighted by atomic mass is 32.2. The van der Waals surface area contributed by atoms with Crippen LogP contribution in [0, 0.1) is 52.3 Å². The van der Waals surface area contributed by atoms with Crippen LogP contribution in [0.25, 0.3) is 10.8 Å². The van der Waals surface area contributed by atoms with Crippen molar-refractivity contribution >= 4 is 32.2 Å². The molecule has 0 saturated heterocycles. The molecule has 4 saturated carbocycles. The first kappa shape index (κ1) is 33.8. The van der Waals surface area contributed by atoms with Crippen molar-refractivity contribution in [2.24, 2.45) is 57.4 Å². The van der Waals surface area contributed by atoms with Crippen molar-refractivity contribution in [3.05, 3.63) is 36.4 Å². The van der Waals surface area contributed by atoms with Gasteiger partial charge in [-0.15, -0.1) is 0 Å². The fourth-order valence-corrected chi connectivity index (χ4v) is 12.3. The maximum Gasteiger partial charge on any atom is 0.277 e. The van der Waals surface area contributed by atoms with E-state index in [1.54, 1.807) is 6.07 Å². The lowest BCUT2D eigenvalue weighted by molar-refractivity contribution is -0.0939. The van der Waals surface area contributed by atoms with Crippen LogP contribution in [0.4, 0.5) is 5.69 Å². The van der Waals surface area contributed by atoms with Crippen LogP contribution in [0.2, 0.25) is 0 Å². The van der Waals surface area contributed by atoms with Crippen LogP contribution in [-0.4, -0.2) is 39.4 Å². The van der Waals surface area contributed by atoms with E-state index in [1.165, 1.54) is 44.9 Å². The molecule has 2 aromatic carbocycles. The SMILES string of the molecule is CC(C)CCC[C@@H](C)[C@H]1CC[C@H]2[C@@H]3C/C(=N/NS(=O)(=O)c4cccc5c(N(C)C)cccc45)C4CC(O)CC[C@]4(C)[C@H]3CC[C@]12C. The van der Waals surface area contributed by atoms with Gasteiger partial charge in [0.25, 0.3) is 10.0 Å². The highest BCUT2D eigenvalue weighted by molar-refractivity contribution is 7.89. The summed E-state index contributed by atoms with van der Waals surface area (Å²) >= 11 is 0. The van der Waals surface area contributed by atoms with Crippen LogP contribution >= 0.6 is 0 Å². The van der Waals surface area contributed by atoms with E-state index in [0.29, 0.717) is 35.0 Å². The van der Waals surface area contributed by atoms with Crippen molar-refractivity contribution in [3.63, 3.8) is 0 Å². The van der Waals surface area contributed by atoms with Gasteiger partial charge in [0.05, 0.1) is 11.0 Å². The lowest BCUT2D eigenvalue weighted by Gasteiger charge is -2.61. The summed E-state index contributed by atoms with van der Waals surface area (Å²) in [5, 5.41) is 17.3. The van der Waals surface area contributed by atoms with Crippen LogP contribution in [0.15, 0.2) is 46.4 Å². The maximum atomic E-state index is 14.0. The van der Waals surface area contributed by atoms with Crippen molar-refractivity contribution in [2.45, 2.75) is 116 Å². The Balaban J connectivity index is 1.30. The van der Waals surface area contributed by atoms with Crippen LogP contribution in [-0.2, 0) is 10.0 Å². The van der Waals surface area contributed by atoms with Crippen molar-refractivity contribution in [1.29, 1.82) is 0 Å². The molecule has 6 rings (SSSR count). The van der Waals surface area contributed by atoms with E-state index in [0.717, 1.165) is 53.8 Å². The van der Waals surface area contributed by atoms with Crippen LogP contribution in [0.3, 0.4) is 0 Å². The number of hydrogen-bond acceptors (Lipinski definition) is 5. The Kier molecular flexibility index (Phi) is 9.34. The molecule has 0 radical (unpaired) electrons. The Hall–Kier alpha value is -2.12. The largest absolute Gasteiger partial charge is 0.393 e.